The maximum Gasteiger partial charge on any atom is 0.326 e. The molecule has 2 aliphatic rings. The predicted octanol–water partition coefficient (Wildman–Crippen LogP) is 5.76. The van der Waals surface area contributed by atoms with Crippen LogP contribution in [0.5, 0.6) is 0 Å². The van der Waals surface area contributed by atoms with E-state index in [9.17, 15) is 9.18 Å². The van der Waals surface area contributed by atoms with Crippen LogP contribution in [0.25, 0.3) is 11.1 Å². The number of fused-ring (bicyclic) bond motifs is 2. The number of likely N-dealkylation sites (tertiary alicyclic amines) is 1. The largest absolute Gasteiger partial charge is 0.399 e. The average molecular weight is 509 g/mol. The van der Waals surface area contributed by atoms with Crippen LogP contribution < -0.4 is 16.0 Å². The van der Waals surface area contributed by atoms with Crippen molar-refractivity contribution < 1.29 is 13.9 Å². The van der Waals surface area contributed by atoms with Gasteiger partial charge in [0.2, 0.25) is 0 Å². The van der Waals surface area contributed by atoms with Crippen molar-refractivity contribution in [2.45, 2.75) is 18.3 Å². The summed E-state index contributed by atoms with van der Waals surface area (Å²) in [5.41, 5.74) is 11.3. The Labute approximate surface area is 215 Å². The first-order valence-electron chi connectivity index (χ1n) is 12.1. The summed E-state index contributed by atoms with van der Waals surface area (Å²) in [6.07, 6.45) is 1.88. The number of nitrogens with zero attached hydrogens (tertiary/aromatic N) is 2. The molecule has 2 amide bonds. The van der Waals surface area contributed by atoms with E-state index in [4.69, 9.17) is 22.1 Å². The van der Waals surface area contributed by atoms with Gasteiger partial charge in [-0.25, -0.2) is 9.18 Å². The molecule has 36 heavy (non-hydrogen) atoms. The number of carbonyl (C=O) groups is 1. The number of hydrogen-bond donors (Lipinski definition) is 2. The number of methoxy groups -OCH3 is 1. The molecule has 0 aromatic heterocycles. The molecule has 0 bridgehead atoms. The Morgan fingerprint density at radius 2 is 1.89 bits per heavy atom. The number of amides is 2. The van der Waals surface area contributed by atoms with Gasteiger partial charge < -0.3 is 20.7 Å². The lowest BCUT2D eigenvalue weighted by atomic mass is 9.73. The van der Waals surface area contributed by atoms with Crippen molar-refractivity contribution in [3.63, 3.8) is 0 Å². The van der Waals surface area contributed by atoms with E-state index in [1.807, 2.05) is 30.3 Å². The number of urea groups is 1. The molecule has 0 atom stereocenters. The number of nitrogens with two attached hydrogens (primary N) is 1. The van der Waals surface area contributed by atoms with E-state index in [2.05, 4.69) is 22.3 Å². The first kappa shape index (κ1) is 24.6. The van der Waals surface area contributed by atoms with Crippen molar-refractivity contribution in [2.24, 2.45) is 0 Å². The second-order valence-corrected chi connectivity index (χ2v) is 10.0. The molecule has 2 aliphatic heterocycles. The molecule has 3 aromatic rings. The lowest BCUT2D eigenvalue weighted by molar-refractivity contribution is 0.113. The Kier molecular flexibility index (Phi) is 6.88. The van der Waals surface area contributed by atoms with Gasteiger partial charge in [-0.2, -0.15) is 0 Å². The summed E-state index contributed by atoms with van der Waals surface area (Å²) in [6, 6.07) is 18.1. The second kappa shape index (κ2) is 10.1. The van der Waals surface area contributed by atoms with Gasteiger partial charge >= 0.3 is 6.03 Å². The van der Waals surface area contributed by atoms with Crippen LogP contribution >= 0.6 is 11.6 Å². The minimum absolute atomic E-state index is 0.0266. The van der Waals surface area contributed by atoms with Crippen LogP contribution in [0.15, 0.2) is 60.7 Å². The molecular weight excluding hydrogens is 479 g/mol. The molecule has 8 heteroatoms. The molecule has 3 N–H and O–H groups in total. The number of piperidine rings is 1. The van der Waals surface area contributed by atoms with Crippen LogP contribution in [-0.2, 0) is 10.2 Å². The Balaban J connectivity index is 1.47. The molecule has 0 saturated carbocycles. The van der Waals surface area contributed by atoms with Gasteiger partial charge in [0.1, 0.15) is 5.82 Å². The number of rotatable bonds is 5. The smallest absolute Gasteiger partial charge is 0.326 e. The zero-order valence-electron chi connectivity index (χ0n) is 20.3. The molecule has 1 fully saturated rings. The van der Waals surface area contributed by atoms with Gasteiger partial charge in [0.05, 0.1) is 11.6 Å². The quantitative estimate of drug-likeness (QED) is 0.430. The Morgan fingerprint density at radius 1 is 1.11 bits per heavy atom. The first-order valence-corrected chi connectivity index (χ1v) is 12.5. The zero-order chi connectivity index (χ0) is 25.3. The first-order chi connectivity index (χ1) is 17.4. The third-order valence-electron chi connectivity index (χ3n) is 7.38. The summed E-state index contributed by atoms with van der Waals surface area (Å²) < 4.78 is 18.9. The average Bonchev–Trinajstić information content (AvgIpc) is 3.19. The number of carbonyl (C=O) groups excluding carboxylic acids is 1. The highest BCUT2D eigenvalue weighted by molar-refractivity contribution is 6.31. The van der Waals surface area contributed by atoms with E-state index < -0.39 is 5.82 Å². The van der Waals surface area contributed by atoms with Crippen LogP contribution in [-0.4, -0.2) is 50.8 Å². The van der Waals surface area contributed by atoms with E-state index in [0.717, 1.165) is 49.3 Å². The van der Waals surface area contributed by atoms with Crippen LogP contribution in [0.4, 0.5) is 26.2 Å². The van der Waals surface area contributed by atoms with Gasteiger partial charge in [-0.15, -0.1) is 0 Å². The number of anilines is 3. The second-order valence-electron chi connectivity index (χ2n) is 9.62. The predicted molar refractivity (Wildman–Crippen MR) is 143 cm³/mol. The fraction of sp³-hybridized carbons (Fsp3) is 0.321. The molecule has 1 spiro atoms. The molecule has 0 unspecified atom stereocenters. The van der Waals surface area contributed by atoms with E-state index in [0.29, 0.717) is 24.5 Å². The zero-order valence-corrected chi connectivity index (χ0v) is 21.0. The monoisotopic (exact) mass is 508 g/mol. The summed E-state index contributed by atoms with van der Waals surface area (Å²) in [5, 5.41) is 2.87. The molecule has 2 heterocycles. The van der Waals surface area contributed by atoms with Gasteiger partial charge in [-0.05, 0) is 85.1 Å². The molecule has 0 aliphatic carbocycles. The Bertz CT molecular complexity index is 1280. The maximum absolute atomic E-state index is 13.6. The van der Waals surface area contributed by atoms with Crippen LogP contribution in [0.1, 0.15) is 18.4 Å². The lowest BCUT2D eigenvalue weighted by Crippen LogP contribution is -2.47. The Hall–Kier alpha value is -3.13. The van der Waals surface area contributed by atoms with Gasteiger partial charge in [-0.1, -0.05) is 29.8 Å². The van der Waals surface area contributed by atoms with Crippen molar-refractivity contribution in [2.75, 3.05) is 55.8 Å². The van der Waals surface area contributed by atoms with E-state index >= 15 is 0 Å². The summed E-state index contributed by atoms with van der Waals surface area (Å²) in [6.45, 7) is 4.07. The van der Waals surface area contributed by atoms with Crippen molar-refractivity contribution >= 4 is 34.7 Å². The summed E-state index contributed by atoms with van der Waals surface area (Å²) >= 11 is 5.93. The number of ether oxygens (including phenoxy) is 1. The van der Waals surface area contributed by atoms with Crippen molar-refractivity contribution in [3.05, 3.63) is 77.1 Å². The van der Waals surface area contributed by atoms with Gasteiger partial charge in [-0.3, -0.25) is 4.90 Å². The molecular formula is C28H30ClFN4O2. The summed E-state index contributed by atoms with van der Waals surface area (Å²) in [5.74, 6) is -0.519. The molecule has 1 saturated heterocycles. The SMILES string of the molecule is COCCN1CCC2(CC1)CN(C(=O)Nc1ccc(F)c(Cl)c1)c1ccc(-c3cccc(N)c3)cc12. The van der Waals surface area contributed by atoms with Crippen LogP contribution in [0.3, 0.4) is 0 Å². The van der Waals surface area contributed by atoms with Gasteiger partial charge in [0, 0.05) is 42.7 Å². The Morgan fingerprint density at radius 3 is 2.61 bits per heavy atom. The summed E-state index contributed by atoms with van der Waals surface area (Å²) in [7, 11) is 1.72. The third kappa shape index (κ3) is 4.78. The minimum Gasteiger partial charge on any atom is -0.399 e. The third-order valence-corrected chi connectivity index (χ3v) is 7.67. The summed E-state index contributed by atoms with van der Waals surface area (Å²) in [4.78, 5) is 17.7. The highest BCUT2D eigenvalue weighted by Gasteiger charge is 2.46. The number of nitrogens with one attached hydrogen (secondary N) is 1. The highest BCUT2D eigenvalue weighted by atomic mass is 35.5. The number of nitrogen functional groups attached to an aromatic ring is 1. The number of halogens is 2. The number of benzene rings is 3. The minimum atomic E-state index is -0.519. The van der Waals surface area contributed by atoms with Crippen LogP contribution in [0.2, 0.25) is 5.02 Å². The van der Waals surface area contributed by atoms with E-state index in [1.165, 1.54) is 23.8 Å². The molecule has 3 aromatic carbocycles. The van der Waals surface area contributed by atoms with Gasteiger partial charge in [0.25, 0.3) is 0 Å². The highest BCUT2D eigenvalue weighted by Crippen LogP contribution is 2.48. The lowest BCUT2D eigenvalue weighted by Gasteiger charge is -2.40. The van der Waals surface area contributed by atoms with Crippen molar-refractivity contribution in [1.29, 1.82) is 0 Å². The standard InChI is InChI=1S/C28H30ClFN4O2/c1-36-14-13-33-11-9-28(10-12-33)18-34(27(35)32-22-6-7-25(30)24(29)17-22)26-8-5-20(16-23(26)28)19-3-2-4-21(31)15-19/h2-8,15-17H,9-14,18,31H2,1H3,(H,32,35). The van der Waals surface area contributed by atoms with E-state index in [1.54, 1.807) is 12.0 Å². The topological polar surface area (TPSA) is 70.8 Å². The van der Waals surface area contributed by atoms with Crippen LogP contribution in [0, 0.1) is 5.82 Å². The maximum atomic E-state index is 13.6. The van der Waals surface area contributed by atoms with Gasteiger partial charge in [0.15, 0.2) is 0 Å². The normalized spacial score (nSPS) is 16.8. The molecule has 188 valence electrons. The molecule has 5 rings (SSSR count). The fourth-order valence-corrected chi connectivity index (χ4v) is 5.55. The van der Waals surface area contributed by atoms with Crippen molar-refractivity contribution in [3.8, 4) is 11.1 Å². The number of hydrogen-bond acceptors (Lipinski definition) is 4. The fourth-order valence-electron chi connectivity index (χ4n) is 5.37. The van der Waals surface area contributed by atoms with E-state index in [-0.39, 0.29) is 16.5 Å². The van der Waals surface area contributed by atoms with Crippen molar-refractivity contribution in [1.82, 2.24) is 4.90 Å². The molecule has 6 nitrogen and oxygen atoms in total. The molecule has 0 radical (unpaired) electrons.